The Hall–Kier alpha value is -1.31. The molecule has 0 aliphatic heterocycles. The molecule has 0 fully saturated rings. The second kappa shape index (κ2) is 5.13. The van der Waals surface area contributed by atoms with Crippen LogP contribution in [0.5, 0.6) is 0 Å². The minimum Gasteiger partial charge on any atom is -0.381 e. The Balaban J connectivity index is 2.09. The molecule has 0 unspecified atom stereocenters. The average molecular weight is 247 g/mol. The van der Waals surface area contributed by atoms with Crippen LogP contribution in [0.25, 0.3) is 0 Å². The molecule has 0 spiro atoms. The Morgan fingerprint density at radius 1 is 1.33 bits per heavy atom. The summed E-state index contributed by atoms with van der Waals surface area (Å²) in [5.41, 5.74) is 4.10. The summed E-state index contributed by atoms with van der Waals surface area (Å²) in [7, 11) is 0. The number of benzene rings is 1. The van der Waals surface area contributed by atoms with E-state index in [9.17, 15) is 4.39 Å². The van der Waals surface area contributed by atoms with Crippen LogP contribution in [0, 0.1) is 11.2 Å². The summed E-state index contributed by atoms with van der Waals surface area (Å²) in [5, 5.41) is 3.34. The van der Waals surface area contributed by atoms with Gasteiger partial charge < -0.3 is 5.32 Å². The van der Waals surface area contributed by atoms with Crippen molar-refractivity contribution in [3.63, 3.8) is 0 Å². The van der Waals surface area contributed by atoms with Crippen LogP contribution in [0.2, 0.25) is 0 Å². The molecule has 0 bridgehead atoms. The van der Waals surface area contributed by atoms with Crippen molar-refractivity contribution >= 4 is 5.69 Å². The minimum absolute atomic E-state index is 0.186. The van der Waals surface area contributed by atoms with Crippen LogP contribution in [0.1, 0.15) is 40.0 Å². The Morgan fingerprint density at radius 2 is 2.11 bits per heavy atom. The largest absolute Gasteiger partial charge is 0.381 e. The van der Waals surface area contributed by atoms with Crippen LogP contribution in [-0.4, -0.2) is 6.54 Å². The van der Waals surface area contributed by atoms with Gasteiger partial charge in [-0.3, -0.25) is 0 Å². The lowest BCUT2D eigenvalue weighted by Crippen LogP contribution is -2.25. The van der Waals surface area contributed by atoms with Gasteiger partial charge in [0.05, 0.1) is 0 Å². The van der Waals surface area contributed by atoms with Gasteiger partial charge in [-0.05, 0) is 55.4 Å². The molecule has 1 aromatic rings. The number of nitrogens with one attached hydrogen (secondary N) is 1. The summed E-state index contributed by atoms with van der Waals surface area (Å²) in [6.07, 6.45) is 3.72. The number of anilines is 1. The number of halogens is 1. The van der Waals surface area contributed by atoms with E-state index in [2.05, 4.69) is 26.1 Å². The van der Waals surface area contributed by atoms with E-state index in [1.165, 1.54) is 36.5 Å². The quantitative estimate of drug-likeness (QED) is 0.759. The normalized spacial score (nSPS) is 18.9. The summed E-state index contributed by atoms with van der Waals surface area (Å²) in [4.78, 5) is 0. The molecule has 0 radical (unpaired) electrons. The van der Waals surface area contributed by atoms with Crippen molar-refractivity contribution in [2.75, 3.05) is 11.9 Å². The van der Waals surface area contributed by atoms with Crippen molar-refractivity contribution in [3.05, 3.63) is 41.2 Å². The summed E-state index contributed by atoms with van der Waals surface area (Å²) < 4.78 is 13.1. The number of rotatable bonds is 3. The lowest BCUT2D eigenvalue weighted by atomic mass is 9.73. The van der Waals surface area contributed by atoms with Gasteiger partial charge >= 0.3 is 0 Å². The highest BCUT2D eigenvalue weighted by Gasteiger charge is 2.27. The van der Waals surface area contributed by atoms with Gasteiger partial charge in [0.15, 0.2) is 0 Å². The Morgan fingerprint density at radius 3 is 2.78 bits per heavy atom. The van der Waals surface area contributed by atoms with Gasteiger partial charge in [0.2, 0.25) is 0 Å². The Bertz CT molecular complexity index is 460. The van der Waals surface area contributed by atoms with E-state index in [4.69, 9.17) is 0 Å². The second-order valence-electron chi connectivity index (χ2n) is 5.86. The van der Waals surface area contributed by atoms with Crippen molar-refractivity contribution in [1.29, 1.82) is 0 Å². The average Bonchev–Trinajstić information content (AvgIpc) is 2.27. The van der Waals surface area contributed by atoms with Crippen molar-refractivity contribution in [2.45, 2.75) is 40.0 Å². The van der Waals surface area contributed by atoms with Crippen molar-refractivity contribution in [2.24, 2.45) is 5.41 Å². The van der Waals surface area contributed by atoms with Gasteiger partial charge in [0, 0.05) is 12.2 Å². The van der Waals surface area contributed by atoms with Crippen molar-refractivity contribution in [1.82, 2.24) is 0 Å². The second-order valence-corrected chi connectivity index (χ2v) is 5.86. The summed E-state index contributed by atoms with van der Waals surface area (Å²) >= 11 is 0. The molecule has 0 aromatic heterocycles. The topological polar surface area (TPSA) is 12.0 Å². The highest BCUT2D eigenvalue weighted by Crippen LogP contribution is 2.39. The fourth-order valence-corrected chi connectivity index (χ4v) is 2.85. The SMILES string of the molecule is CC1=C(CNc2cccc(F)c2)C(C)(C)CCC1. The van der Waals surface area contributed by atoms with E-state index in [0.717, 1.165) is 12.2 Å². The molecule has 0 saturated carbocycles. The molecule has 18 heavy (non-hydrogen) atoms. The number of hydrogen-bond donors (Lipinski definition) is 1. The van der Waals surface area contributed by atoms with Gasteiger partial charge in [-0.2, -0.15) is 0 Å². The van der Waals surface area contributed by atoms with Gasteiger partial charge in [-0.15, -0.1) is 0 Å². The Kier molecular flexibility index (Phi) is 3.74. The van der Waals surface area contributed by atoms with Crippen molar-refractivity contribution in [3.8, 4) is 0 Å². The van der Waals surface area contributed by atoms with E-state index in [1.807, 2.05) is 6.07 Å². The summed E-state index contributed by atoms with van der Waals surface area (Å²) in [6.45, 7) is 7.66. The third kappa shape index (κ3) is 2.92. The molecule has 2 rings (SSSR count). The maximum atomic E-state index is 13.1. The van der Waals surface area contributed by atoms with E-state index < -0.39 is 0 Å². The van der Waals surface area contributed by atoms with Crippen LogP contribution >= 0.6 is 0 Å². The molecule has 2 heteroatoms. The van der Waals surface area contributed by atoms with Crippen LogP contribution < -0.4 is 5.32 Å². The first kappa shape index (κ1) is 13.1. The molecule has 98 valence electrons. The molecule has 1 aliphatic rings. The predicted octanol–water partition coefficient (Wildman–Crippen LogP) is 4.76. The minimum atomic E-state index is -0.186. The van der Waals surface area contributed by atoms with Crippen LogP contribution in [-0.2, 0) is 0 Å². The maximum Gasteiger partial charge on any atom is 0.125 e. The van der Waals surface area contributed by atoms with Gasteiger partial charge in [-0.1, -0.05) is 25.5 Å². The van der Waals surface area contributed by atoms with Crippen LogP contribution in [0.4, 0.5) is 10.1 Å². The lowest BCUT2D eigenvalue weighted by Gasteiger charge is -2.35. The number of allylic oxidation sites excluding steroid dienone is 1. The van der Waals surface area contributed by atoms with Crippen LogP contribution in [0.3, 0.4) is 0 Å². The van der Waals surface area contributed by atoms with Gasteiger partial charge in [0.25, 0.3) is 0 Å². The Labute approximate surface area is 109 Å². The molecule has 0 atom stereocenters. The zero-order chi connectivity index (χ0) is 13.2. The highest BCUT2D eigenvalue weighted by molar-refractivity contribution is 5.45. The zero-order valence-corrected chi connectivity index (χ0v) is 11.5. The molecule has 1 aliphatic carbocycles. The van der Waals surface area contributed by atoms with Crippen LogP contribution in [0.15, 0.2) is 35.4 Å². The molecular formula is C16H22FN. The fraction of sp³-hybridized carbons (Fsp3) is 0.500. The molecule has 1 aromatic carbocycles. The third-order valence-corrected chi connectivity index (χ3v) is 3.98. The van der Waals surface area contributed by atoms with Crippen molar-refractivity contribution < 1.29 is 4.39 Å². The smallest absolute Gasteiger partial charge is 0.125 e. The molecule has 0 amide bonds. The first-order valence-corrected chi connectivity index (χ1v) is 6.67. The summed E-state index contributed by atoms with van der Waals surface area (Å²) in [6, 6.07) is 6.67. The highest BCUT2D eigenvalue weighted by atomic mass is 19.1. The maximum absolute atomic E-state index is 13.1. The van der Waals surface area contributed by atoms with E-state index in [-0.39, 0.29) is 11.2 Å². The standard InChI is InChI=1S/C16H22FN/c1-12-6-5-9-16(2,3)15(12)11-18-14-8-4-7-13(17)10-14/h4,7-8,10,18H,5-6,9,11H2,1-3H3. The molecular weight excluding hydrogens is 225 g/mol. The predicted molar refractivity (Wildman–Crippen MR) is 75.2 cm³/mol. The van der Waals surface area contributed by atoms with E-state index in [1.54, 1.807) is 12.1 Å². The summed E-state index contributed by atoms with van der Waals surface area (Å²) in [5.74, 6) is -0.186. The first-order valence-electron chi connectivity index (χ1n) is 6.67. The van der Waals surface area contributed by atoms with E-state index in [0.29, 0.717) is 0 Å². The monoisotopic (exact) mass is 247 g/mol. The molecule has 0 heterocycles. The fourth-order valence-electron chi connectivity index (χ4n) is 2.85. The molecule has 1 N–H and O–H groups in total. The first-order chi connectivity index (χ1) is 8.49. The lowest BCUT2D eigenvalue weighted by molar-refractivity contribution is 0.364. The zero-order valence-electron chi connectivity index (χ0n) is 11.5. The van der Waals surface area contributed by atoms with E-state index >= 15 is 0 Å². The van der Waals surface area contributed by atoms with Gasteiger partial charge in [-0.25, -0.2) is 4.39 Å². The van der Waals surface area contributed by atoms with Gasteiger partial charge in [0.1, 0.15) is 5.82 Å². The molecule has 1 nitrogen and oxygen atoms in total. The number of hydrogen-bond acceptors (Lipinski definition) is 1. The molecule has 0 saturated heterocycles. The third-order valence-electron chi connectivity index (χ3n) is 3.98.